The van der Waals surface area contributed by atoms with Crippen LogP contribution in [0.15, 0.2) is 24.3 Å². The summed E-state index contributed by atoms with van der Waals surface area (Å²) in [5.41, 5.74) is 0.835. The average molecular weight is 290 g/mol. The molecule has 5 nitrogen and oxygen atoms in total. The number of nitrogens with zero attached hydrogens (tertiary/aromatic N) is 2. The molecule has 3 rings (SSSR count). The summed E-state index contributed by atoms with van der Waals surface area (Å²) in [6, 6.07) is 7.65. The number of hydrogen-bond donors (Lipinski definition) is 1. The van der Waals surface area contributed by atoms with Crippen molar-refractivity contribution in [2.75, 3.05) is 13.1 Å². The van der Waals surface area contributed by atoms with Gasteiger partial charge in [0.15, 0.2) is 5.01 Å². The van der Waals surface area contributed by atoms with E-state index in [0.29, 0.717) is 30.9 Å². The molecule has 1 aliphatic heterocycles. The van der Waals surface area contributed by atoms with Crippen LogP contribution in [0.5, 0.6) is 0 Å². The molecule has 0 radical (unpaired) electrons. The van der Waals surface area contributed by atoms with E-state index in [1.54, 1.807) is 4.90 Å². The zero-order valence-corrected chi connectivity index (χ0v) is 11.6. The molecule has 2 heterocycles. The van der Waals surface area contributed by atoms with Gasteiger partial charge < -0.3 is 10.0 Å². The molecule has 1 aromatic heterocycles. The number of para-hydroxylation sites is 1. The van der Waals surface area contributed by atoms with Crippen LogP contribution < -0.4 is 0 Å². The Morgan fingerprint density at radius 3 is 2.60 bits per heavy atom. The van der Waals surface area contributed by atoms with Gasteiger partial charge in [-0.2, -0.15) is 0 Å². The van der Waals surface area contributed by atoms with Crippen molar-refractivity contribution < 1.29 is 14.7 Å². The summed E-state index contributed by atoms with van der Waals surface area (Å²) < 4.78 is 0.997. The minimum absolute atomic E-state index is 0.0879. The maximum absolute atomic E-state index is 12.4. The number of aliphatic carboxylic acids is 1. The van der Waals surface area contributed by atoms with Crippen LogP contribution in [0.2, 0.25) is 0 Å². The number of amides is 1. The molecule has 20 heavy (non-hydrogen) atoms. The molecule has 1 N–H and O–H groups in total. The van der Waals surface area contributed by atoms with E-state index in [1.807, 2.05) is 24.3 Å². The van der Waals surface area contributed by atoms with Crippen LogP contribution in [-0.4, -0.2) is 40.0 Å². The van der Waals surface area contributed by atoms with Crippen LogP contribution in [0.3, 0.4) is 0 Å². The van der Waals surface area contributed by atoms with E-state index in [0.717, 1.165) is 10.2 Å². The van der Waals surface area contributed by atoms with Gasteiger partial charge in [-0.25, -0.2) is 4.98 Å². The fourth-order valence-corrected chi connectivity index (χ4v) is 3.36. The minimum Gasteiger partial charge on any atom is -0.481 e. The molecule has 1 fully saturated rings. The zero-order chi connectivity index (χ0) is 14.1. The SMILES string of the molecule is O=C(O)C1CCN(C(=O)c2nc3ccccc3s2)CC1. The first-order valence-electron chi connectivity index (χ1n) is 6.53. The molecular weight excluding hydrogens is 276 g/mol. The van der Waals surface area contributed by atoms with Crippen molar-refractivity contribution in [1.82, 2.24) is 9.88 Å². The normalized spacial score (nSPS) is 16.5. The molecule has 1 amide bonds. The second-order valence-electron chi connectivity index (χ2n) is 4.89. The molecule has 0 unspecified atom stereocenters. The van der Waals surface area contributed by atoms with Gasteiger partial charge in [0, 0.05) is 13.1 Å². The first-order chi connectivity index (χ1) is 9.65. The summed E-state index contributed by atoms with van der Waals surface area (Å²) in [7, 11) is 0. The Bertz CT molecular complexity index is 626. The zero-order valence-electron chi connectivity index (χ0n) is 10.8. The second-order valence-corrected chi connectivity index (χ2v) is 5.92. The molecule has 0 bridgehead atoms. The number of hydrogen-bond acceptors (Lipinski definition) is 4. The summed E-state index contributed by atoms with van der Waals surface area (Å²) in [5, 5.41) is 9.45. The van der Waals surface area contributed by atoms with Crippen molar-refractivity contribution in [3.8, 4) is 0 Å². The van der Waals surface area contributed by atoms with Crippen LogP contribution in [0, 0.1) is 5.92 Å². The third kappa shape index (κ3) is 2.38. The molecule has 0 atom stereocenters. The Balaban J connectivity index is 1.75. The maximum Gasteiger partial charge on any atom is 0.306 e. The minimum atomic E-state index is -0.767. The highest BCUT2D eigenvalue weighted by molar-refractivity contribution is 7.20. The van der Waals surface area contributed by atoms with Gasteiger partial charge in [-0.05, 0) is 25.0 Å². The van der Waals surface area contributed by atoms with Crippen LogP contribution in [0.1, 0.15) is 22.6 Å². The molecule has 0 spiro atoms. The van der Waals surface area contributed by atoms with Crippen molar-refractivity contribution in [2.24, 2.45) is 5.92 Å². The van der Waals surface area contributed by atoms with E-state index in [4.69, 9.17) is 5.11 Å². The highest BCUT2D eigenvalue weighted by Crippen LogP contribution is 2.25. The number of carboxylic acids is 1. The van der Waals surface area contributed by atoms with E-state index in [-0.39, 0.29) is 11.8 Å². The first-order valence-corrected chi connectivity index (χ1v) is 7.34. The number of rotatable bonds is 2. The Morgan fingerprint density at radius 2 is 1.95 bits per heavy atom. The Labute approximate surface area is 119 Å². The number of carbonyl (C=O) groups excluding carboxylic acids is 1. The van der Waals surface area contributed by atoms with Gasteiger partial charge in [-0.3, -0.25) is 9.59 Å². The fraction of sp³-hybridized carbons (Fsp3) is 0.357. The van der Waals surface area contributed by atoms with Crippen molar-refractivity contribution in [1.29, 1.82) is 0 Å². The summed E-state index contributed by atoms with van der Waals surface area (Å²) in [5.74, 6) is -1.18. The summed E-state index contributed by atoms with van der Waals surface area (Å²) in [6.07, 6.45) is 1.04. The number of piperidine rings is 1. The van der Waals surface area contributed by atoms with Gasteiger partial charge in [0.05, 0.1) is 16.1 Å². The predicted molar refractivity (Wildman–Crippen MR) is 75.9 cm³/mol. The van der Waals surface area contributed by atoms with Crippen molar-refractivity contribution in [3.63, 3.8) is 0 Å². The Kier molecular flexibility index (Phi) is 3.40. The number of fused-ring (bicyclic) bond motifs is 1. The van der Waals surface area contributed by atoms with Gasteiger partial charge in [0.2, 0.25) is 0 Å². The summed E-state index contributed by atoms with van der Waals surface area (Å²) in [4.78, 5) is 29.3. The lowest BCUT2D eigenvalue weighted by Gasteiger charge is -2.29. The third-order valence-corrected chi connectivity index (χ3v) is 4.63. The van der Waals surface area contributed by atoms with E-state index in [9.17, 15) is 9.59 Å². The molecule has 1 aliphatic rings. The number of benzene rings is 1. The molecule has 104 valence electrons. The molecule has 6 heteroatoms. The smallest absolute Gasteiger partial charge is 0.306 e. The predicted octanol–water partition coefficient (Wildman–Crippen LogP) is 2.23. The second kappa shape index (κ2) is 5.20. The van der Waals surface area contributed by atoms with Crippen molar-refractivity contribution in [3.05, 3.63) is 29.3 Å². The largest absolute Gasteiger partial charge is 0.481 e. The van der Waals surface area contributed by atoms with Crippen LogP contribution in [-0.2, 0) is 4.79 Å². The van der Waals surface area contributed by atoms with Gasteiger partial charge in [-0.1, -0.05) is 12.1 Å². The molecule has 1 saturated heterocycles. The average Bonchev–Trinajstić information content (AvgIpc) is 2.90. The number of likely N-dealkylation sites (tertiary alicyclic amines) is 1. The van der Waals surface area contributed by atoms with Crippen molar-refractivity contribution >= 4 is 33.4 Å². The van der Waals surface area contributed by atoms with Crippen LogP contribution >= 0.6 is 11.3 Å². The number of carbonyl (C=O) groups is 2. The lowest BCUT2D eigenvalue weighted by atomic mass is 9.97. The third-order valence-electron chi connectivity index (χ3n) is 3.61. The summed E-state index contributed by atoms with van der Waals surface area (Å²) in [6.45, 7) is 0.984. The van der Waals surface area contributed by atoms with Gasteiger partial charge >= 0.3 is 5.97 Å². The van der Waals surface area contributed by atoms with Crippen LogP contribution in [0.4, 0.5) is 0 Å². The molecule has 0 aliphatic carbocycles. The summed E-state index contributed by atoms with van der Waals surface area (Å²) >= 11 is 1.39. The Hall–Kier alpha value is -1.95. The van der Waals surface area contributed by atoms with E-state index in [2.05, 4.69) is 4.98 Å². The van der Waals surface area contributed by atoms with Gasteiger partial charge in [0.25, 0.3) is 5.91 Å². The van der Waals surface area contributed by atoms with E-state index in [1.165, 1.54) is 11.3 Å². The van der Waals surface area contributed by atoms with Crippen LogP contribution in [0.25, 0.3) is 10.2 Å². The Morgan fingerprint density at radius 1 is 1.25 bits per heavy atom. The molecule has 0 saturated carbocycles. The number of thiazole rings is 1. The molecule has 2 aromatic rings. The fourth-order valence-electron chi connectivity index (χ4n) is 2.43. The van der Waals surface area contributed by atoms with E-state index < -0.39 is 5.97 Å². The number of aromatic nitrogens is 1. The molecule has 1 aromatic carbocycles. The topological polar surface area (TPSA) is 70.5 Å². The maximum atomic E-state index is 12.4. The lowest BCUT2D eigenvalue weighted by molar-refractivity contribution is -0.143. The van der Waals surface area contributed by atoms with E-state index >= 15 is 0 Å². The quantitative estimate of drug-likeness (QED) is 0.920. The first kappa shape index (κ1) is 13.1. The monoisotopic (exact) mass is 290 g/mol. The number of carboxylic acid groups (broad SMARTS) is 1. The highest BCUT2D eigenvalue weighted by Gasteiger charge is 2.28. The molecular formula is C14H14N2O3S. The van der Waals surface area contributed by atoms with Gasteiger partial charge in [-0.15, -0.1) is 11.3 Å². The lowest BCUT2D eigenvalue weighted by Crippen LogP contribution is -2.40. The highest BCUT2D eigenvalue weighted by atomic mass is 32.1. The van der Waals surface area contributed by atoms with Gasteiger partial charge in [0.1, 0.15) is 0 Å². The van der Waals surface area contributed by atoms with Crippen molar-refractivity contribution in [2.45, 2.75) is 12.8 Å². The standard InChI is InChI=1S/C14H14N2O3S/c17-13(16-7-5-9(6-8-16)14(18)19)12-15-10-3-1-2-4-11(10)20-12/h1-4,9H,5-8H2,(H,18,19).